The Labute approximate surface area is 156 Å². The maximum Gasteiger partial charge on any atom is 0.314 e. The summed E-state index contributed by atoms with van der Waals surface area (Å²) >= 11 is 0. The summed E-state index contributed by atoms with van der Waals surface area (Å²) in [5.41, 5.74) is 1.64. The van der Waals surface area contributed by atoms with Gasteiger partial charge in [-0.15, -0.1) is 0 Å². The van der Waals surface area contributed by atoms with Crippen LogP contribution in [0.1, 0.15) is 24.8 Å². The van der Waals surface area contributed by atoms with Gasteiger partial charge in [0, 0.05) is 24.3 Å². The third-order valence-corrected chi connectivity index (χ3v) is 4.24. The molecule has 1 fully saturated rings. The van der Waals surface area contributed by atoms with E-state index in [-0.39, 0.29) is 17.2 Å². The van der Waals surface area contributed by atoms with E-state index in [0.29, 0.717) is 24.3 Å². The van der Waals surface area contributed by atoms with Crippen molar-refractivity contribution in [3.8, 4) is 6.07 Å². The first-order chi connectivity index (χ1) is 13.1. The molecule has 3 rings (SSSR count). The monoisotopic (exact) mass is 362 g/mol. The highest BCUT2D eigenvalue weighted by molar-refractivity contribution is 6.43. The summed E-state index contributed by atoms with van der Waals surface area (Å²) in [6.07, 6.45) is 2.33. The molecule has 1 saturated heterocycles. The zero-order chi connectivity index (χ0) is 19.2. The summed E-state index contributed by atoms with van der Waals surface area (Å²) in [5, 5.41) is 14.0. The molecular weight excluding hydrogens is 344 g/mol. The van der Waals surface area contributed by atoms with Crippen molar-refractivity contribution in [2.45, 2.75) is 19.3 Å². The number of benzene rings is 2. The molecule has 1 aliphatic heterocycles. The predicted octanol–water partition coefficient (Wildman–Crippen LogP) is 2.65. The third kappa shape index (κ3) is 4.30. The Hall–Kier alpha value is -3.66. The Morgan fingerprint density at radius 2 is 1.78 bits per heavy atom. The van der Waals surface area contributed by atoms with Gasteiger partial charge in [-0.05, 0) is 43.2 Å². The molecule has 27 heavy (non-hydrogen) atoms. The molecule has 2 aromatic carbocycles. The Morgan fingerprint density at radius 3 is 2.56 bits per heavy atom. The fourth-order valence-electron chi connectivity index (χ4n) is 2.89. The van der Waals surface area contributed by atoms with Gasteiger partial charge in [0.05, 0.1) is 11.3 Å². The Kier molecular flexibility index (Phi) is 5.47. The van der Waals surface area contributed by atoms with E-state index < -0.39 is 11.8 Å². The number of hydrogen-bond donors (Lipinski definition) is 2. The van der Waals surface area contributed by atoms with Crippen LogP contribution in [0.3, 0.4) is 0 Å². The van der Waals surface area contributed by atoms with E-state index in [2.05, 4.69) is 10.6 Å². The molecule has 1 aliphatic rings. The van der Waals surface area contributed by atoms with Crippen LogP contribution in [0.4, 0.5) is 17.1 Å². The molecule has 0 aliphatic carbocycles. The number of carbonyl (C=O) groups excluding carboxylic acids is 3. The third-order valence-electron chi connectivity index (χ3n) is 4.24. The Bertz CT molecular complexity index is 933. The molecule has 7 nitrogen and oxygen atoms in total. The molecule has 0 atom stereocenters. The summed E-state index contributed by atoms with van der Waals surface area (Å²) in [7, 11) is 0. The van der Waals surface area contributed by atoms with E-state index in [9.17, 15) is 14.4 Å². The van der Waals surface area contributed by atoms with Gasteiger partial charge >= 0.3 is 11.8 Å². The minimum absolute atomic E-state index is 0.0515. The van der Waals surface area contributed by atoms with Crippen molar-refractivity contribution < 1.29 is 14.4 Å². The van der Waals surface area contributed by atoms with Crippen LogP contribution in [0.15, 0.2) is 48.5 Å². The van der Waals surface area contributed by atoms with Crippen molar-refractivity contribution in [3.63, 3.8) is 0 Å². The number of anilines is 3. The van der Waals surface area contributed by atoms with Gasteiger partial charge in [-0.3, -0.25) is 14.4 Å². The van der Waals surface area contributed by atoms with Crippen molar-refractivity contribution >= 4 is 34.8 Å². The quantitative estimate of drug-likeness (QED) is 0.819. The summed E-state index contributed by atoms with van der Waals surface area (Å²) in [6, 6.07) is 15.2. The predicted molar refractivity (Wildman–Crippen MR) is 101 cm³/mol. The van der Waals surface area contributed by atoms with E-state index in [4.69, 9.17) is 5.26 Å². The van der Waals surface area contributed by atoms with E-state index >= 15 is 0 Å². The molecule has 3 amide bonds. The van der Waals surface area contributed by atoms with Crippen LogP contribution in [0.5, 0.6) is 0 Å². The smallest absolute Gasteiger partial charge is 0.314 e. The number of nitriles is 1. The summed E-state index contributed by atoms with van der Waals surface area (Å²) in [6.45, 7) is 0.641. The molecule has 0 spiro atoms. The molecule has 136 valence electrons. The van der Waals surface area contributed by atoms with Crippen molar-refractivity contribution in [1.29, 1.82) is 5.26 Å². The summed E-state index contributed by atoms with van der Waals surface area (Å²) < 4.78 is 0. The second-order valence-corrected chi connectivity index (χ2v) is 6.12. The van der Waals surface area contributed by atoms with Crippen molar-refractivity contribution in [2.24, 2.45) is 0 Å². The van der Waals surface area contributed by atoms with Gasteiger partial charge in [0.1, 0.15) is 6.07 Å². The van der Waals surface area contributed by atoms with Gasteiger partial charge in [0.2, 0.25) is 5.91 Å². The number of amides is 3. The second-order valence-electron chi connectivity index (χ2n) is 6.12. The average molecular weight is 362 g/mol. The SMILES string of the molecule is N#Cc1ccccc1NC(=O)C(=O)Nc1cccc(N2CCCCC2=O)c1. The van der Waals surface area contributed by atoms with Gasteiger partial charge in [-0.25, -0.2) is 0 Å². The first-order valence-electron chi connectivity index (χ1n) is 8.60. The van der Waals surface area contributed by atoms with Crippen LogP contribution in [0, 0.1) is 11.3 Å². The molecule has 2 N–H and O–H groups in total. The summed E-state index contributed by atoms with van der Waals surface area (Å²) in [5.74, 6) is -1.68. The van der Waals surface area contributed by atoms with Crippen molar-refractivity contribution in [1.82, 2.24) is 0 Å². The maximum atomic E-state index is 12.2. The average Bonchev–Trinajstić information content (AvgIpc) is 2.69. The number of rotatable bonds is 3. The first-order valence-corrected chi connectivity index (χ1v) is 8.60. The number of nitrogens with one attached hydrogen (secondary N) is 2. The molecule has 0 bridgehead atoms. The van der Waals surface area contributed by atoms with E-state index in [1.807, 2.05) is 6.07 Å². The molecule has 0 aromatic heterocycles. The highest BCUT2D eigenvalue weighted by Crippen LogP contribution is 2.24. The standard InChI is InChI=1S/C20H18N4O3/c21-13-14-6-1-2-9-17(14)23-20(27)19(26)22-15-7-5-8-16(12-15)24-11-4-3-10-18(24)25/h1-2,5-9,12H,3-4,10-11H2,(H,22,26)(H,23,27). The van der Waals surface area contributed by atoms with Crippen LogP contribution in [0.25, 0.3) is 0 Å². The lowest BCUT2D eigenvalue weighted by Crippen LogP contribution is -2.35. The molecule has 0 saturated carbocycles. The molecule has 7 heteroatoms. The lowest BCUT2D eigenvalue weighted by molar-refractivity contribution is -0.133. The highest BCUT2D eigenvalue weighted by atomic mass is 16.2. The van der Waals surface area contributed by atoms with Crippen LogP contribution in [-0.2, 0) is 14.4 Å². The zero-order valence-electron chi connectivity index (χ0n) is 14.6. The van der Waals surface area contributed by atoms with Crippen LogP contribution in [0.2, 0.25) is 0 Å². The van der Waals surface area contributed by atoms with E-state index in [1.54, 1.807) is 53.4 Å². The van der Waals surface area contributed by atoms with Crippen LogP contribution in [-0.4, -0.2) is 24.3 Å². The van der Waals surface area contributed by atoms with E-state index in [0.717, 1.165) is 12.8 Å². The largest absolute Gasteiger partial charge is 0.318 e. The number of hydrogen-bond acceptors (Lipinski definition) is 4. The molecule has 0 radical (unpaired) electrons. The fourth-order valence-corrected chi connectivity index (χ4v) is 2.89. The maximum absolute atomic E-state index is 12.2. The topological polar surface area (TPSA) is 102 Å². The molecule has 2 aromatic rings. The second kappa shape index (κ2) is 8.15. The lowest BCUT2D eigenvalue weighted by Gasteiger charge is -2.27. The first kappa shape index (κ1) is 18.1. The summed E-state index contributed by atoms with van der Waals surface area (Å²) in [4.78, 5) is 38.0. The number of para-hydroxylation sites is 1. The van der Waals surface area contributed by atoms with Crippen molar-refractivity contribution in [2.75, 3.05) is 22.1 Å². The Morgan fingerprint density at radius 1 is 1.00 bits per heavy atom. The van der Waals surface area contributed by atoms with Gasteiger partial charge in [-0.1, -0.05) is 18.2 Å². The minimum Gasteiger partial charge on any atom is -0.318 e. The van der Waals surface area contributed by atoms with Gasteiger partial charge in [-0.2, -0.15) is 5.26 Å². The molecular formula is C20H18N4O3. The van der Waals surface area contributed by atoms with Gasteiger partial charge in [0.15, 0.2) is 0 Å². The number of carbonyl (C=O) groups is 3. The zero-order valence-corrected chi connectivity index (χ0v) is 14.6. The minimum atomic E-state index is -0.878. The number of piperidine rings is 1. The van der Waals surface area contributed by atoms with Gasteiger partial charge < -0.3 is 15.5 Å². The molecule has 0 unspecified atom stereocenters. The highest BCUT2D eigenvalue weighted by Gasteiger charge is 2.20. The lowest BCUT2D eigenvalue weighted by atomic mass is 10.1. The Balaban J connectivity index is 1.69. The van der Waals surface area contributed by atoms with Crippen molar-refractivity contribution in [3.05, 3.63) is 54.1 Å². The number of nitrogens with zero attached hydrogens (tertiary/aromatic N) is 2. The normalized spacial score (nSPS) is 13.6. The van der Waals surface area contributed by atoms with Crippen LogP contribution >= 0.6 is 0 Å². The van der Waals surface area contributed by atoms with E-state index in [1.165, 1.54) is 0 Å². The van der Waals surface area contributed by atoms with Gasteiger partial charge in [0.25, 0.3) is 0 Å². The van der Waals surface area contributed by atoms with Crippen LogP contribution < -0.4 is 15.5 Å². The molecule has 1 heterocycles. The fraction of sp³-hybridized carbons (Fsp3) is 0.200.